The molecule has 1 aromatic rings. The molecule has 1 N–H and O–H groups in total. The number of carbonyl (C=O) groups excluding carboxylic acids is 1. The smallest absolute Gasteiger partial charge is 0.313 e. The maximum Gasteiger partial charge on any atom is 0.313 e. The fraction of sp³-hybridized carbons (Fsp3) is 0.533. The lowest BCUT2D eigenvalue weighted by molar-refractivity contribution is -0.155. The minimum atomic E-state index is -0.377. The summed E-state index contributed by atoms with van der Waals surface area (Å²) in [6, 6.07) is 9.92. The normalized spacial score (nSPS) is 35.1. The van der Waals surface area contributed by atoms with Crippen LogP contribution in [0.1, 0.15) is 18.9 Å². The van der Waals surface area contributed by atoms with Crippen molar-refractivity contribution in [3.63, 3.8) is 0 Å². The van der Waals surface area contributed by atoms with Gasteiger partial charge in [0, 0.05) is 18.6 Å². The van der Waals surface area contributed by atoms with Crippen molar-refractivity contribution in [3.8, 4) is 0 Å². The van der Waals surface area contributed by atoms with Crippen molar-refractivity contribution < 1.29 is 14.3 Å². The van der Waals surface area contributed by atoms with Gasteiger partial charge in [0.05, 0.1) is 5.60 Å². The maximum atomic E-state index is 12.4. The van der Waals surface area contributed by atoms with E-state index in [1.807, 2.05) is 38.2 Å². The Balaban J connectivity index is 1.68. The van der Waals surface area contributed by atoms with E-state index in [1.165, 1.54) is 0 Å². The molecule has 2 saturated heterocycles. The molecule has 2 fully saturated rings. The second-order valence-electron chi connectivity index (χ2n) is 5.72. The van der Waals surface area contributed by atoms with Crippen molar-refractivity contribution >= 4 is 13.8 Å². The Morgan fingerprint density at radius 2 is 2.25 bits per heavy atom. The van der Waals surface area contributed by atoms with E-state index in [0.717, 1.165) is 18.5 Å². The zero-order chi connectivity index (χ0) is 14.2. The molecule has 0 amide bonds. The maximum absolute atomic E-state index is 12.4. The molecule has 20 heavy (non-hydrogen) atoms. The van der Waals surface area contributed by atoms with Crippen LogP contribution in [-0.4, -0.2) is 38.0 Å². The summed E-state index contributed by atoms with van der Waals surface area (Å²) < 4.78 is 11.5. The van der Waals surface area contributed by atoms with E-state index in [-0.39, 0.29) is 29.5 Å². The van der Waals surface area contributed by atoms with Gasteiger partial charge in [0.25, 0.3) is 0 Å². The van der Waals surface area contributed by atoms with Crippen LogP contribution >= 0.6 is 0 Å². The summed E-state index contributed by atoms with van der Waals surface area (Å²) in [5.41, 5.74) is 0.636. The van der Waals surface area contributed by atoms with Gasteiger partial charge in [-0.25, -0.2) is 0 Å². The number of hydrogen-bond donors (Lipinski definition) is 1. The number of hydrogen-bond acceptors (Lipinski definition) is 4. The molecule has 106 valence electrons. The average molecular weight is 273 g/mol. The van der Waals surface area contributed by atoms with E-state index < -0.39 is 0 Å². The second-order valence-corrected chi connectivity index (χ2v) is 5.72. The van der Waals surface area contributed by atoms with Crippen LogP contribution in [0.25, 0.3) is 0 Å². The molecular formula is C15H20BNO3. The van der Waals surface area contributed by atoms with Crippen molar-refractivity contribution in [1.29, 1.82) is 0 Å². The van der Waals surface area contributed by atoms with Gasteiger partial charge in [0.2, 0.25) is 0 Å². The summed E-state index contributed by atoms with van der Waals surface area (Å²) in [6.45, 7) is 3.14. The second kappa shape index (κ2) is 5.22. The van der Waals surface area contributed by atoms with Crippen molar-refractivity contribution in [1.82, 2.24) is 5.32 Å². The Labute approximate surface area is 120 Å². The SMILES string of the molecule is B[C@@H]1O[C@]2(CC)CNC1C2C(=O)OCc1ccccc1. The highest BCUT2D eigenvalue weighted by molar-refractivity contribution is 6.12. The summed E-state index contributed by atoms with van der Waals surface area (Å²) >= 11 is 0. The van der Waals surface area contributed by atoms with Gasteiger partial charge >= 0.3 is 5.97 Å². The van der Waals surface area contributed by atoms with E-state index in [0.29, 0.717) is 6.61 Å². The average Bonchev–Trinajstić information content (AvgIpc) is 2.98. The largest absolute Gasteiger partial charge is 0.460 e. The van der Waals surface area contributed by atoms with Gasteiger partial charge in [-0.1, -0.05) is 37.3 Å². The van der Waals surface area contributed by atoms with Gasteiger partial charge in [-0.3, -0.25) is 4.79 Å². The number of rotatable bonds is 4. The van der Waals surface area contributed by atoms with Crippen LogP contribution in [0.5, 0.6) is 0 Å². The molecule has 0 aromatic heterocycles. The molecule has 0 radical (unpaired) electrons. The lowest BCUT2D eigenvalue weighted by atomic mass is 9.83. The van der Waals surface area contributed by atoms with Crippen molar-refractivity contribution in [2.45, 2.75) is 37.6 Å². The highest BCUT2D eigenvalue weighted by atomic mass is 16.6. The standard InChI is InChI=1S/C15H20BNO3/c1-2-15-9-17-12(13(16)20-15)11(15)14(18)19-8-10-6-4-3-5-7-10/h3-7,11-13,17H,2,8-9,16H2,1H3/t11?,12?,13-,15-/m1/s1. The number of ether oxygens (including phenoxy) is 2. The minimum Gasteiger partial charge on any atom is -0.460 e. The number of morpholine rings is 1. The third-order valence-corrected chi connectivity index (χ3v) is 4.57. The Morgan fingerprint density at radius 1 is 1.50 bits per heavy atom. The molecule has 4 atom stereocenters. The van der Waals surface area contributed by atoms with Crippen LogP contribution in [0.15, 0.2) is 30.3 Å². The van der Waals surface area contributed by atoms with Crippen LogP contribution in [-0.2, 0) is 20.9 Å². The first-order valence-corrected chi connectivity index (χ1v) is 7.28. The molecule has 1 aromatic carbocycles. The lowest BCUT2D eigenvalue weighted by Crippen LogP contribution is -2.44. The predicted octanol–water partition coefficient (Wildman–Crippen LogP) is 0.456. The van der Waals surface area contributed by atoms with Gasteiger partial charge in [0.15, 0.2) is 0 Å². The van der Waals surface area contributed by atoms with E-state index in [1.54, 1.807) is 0 Å². The van der Waals surface area contributed by atoms with E-state index >= 15 is 0 Å². The first kappa shape index (κ1) is 13.6. The number of fused-ring (bicyclic) bond motifs is 2. The van der Waals surface area contributed by atoms with Crippen molar-refractivity contribution in [3.05, 3.63) is 35.9 Å². The molecule has 2 unspecified atom stereocenters. The lowest BCUT2D eigenvalue weighted by Gasteiger charge is -2.30. The Morgan fingerprint density at radius 3 is 2.90 bits per heavy atom. The molecule has 2 aliphatic rings. The summed E-state index contributed by atoms with van der Waals surface area (Å²) in [6.07, 6.45) is 0.825. The molecule has 2 heterocycles. The molecule has 3 rings (SSSR count). The Bertz CT molecular complexity index is 495. The van der Waals surface area contributed by atoms with Gasteiger partial charge in [-0.2, -0.15) is 0 Å². The van der Waals surface area contributed by atoms with Gasteiger partial charge in [-0.05, 0) is 12.0 Å². The number of carbonyl (C=O) groups is 1. The third kappa shape index (κ3) is 2.15. The van der Waals surface area contributed by atoms with Crippen molar-refractivity contribution in [2.75, 3.05) is 6.54 Å². The topological polar surface area (TPSA) is 47.6 Å². The van der Waals surface area contributed by atoms with Crippen LogP contribution in [0.3, 0.4) is 0 Å². The van der Waals surface area contributed by atoms with Crippen LogP contribution in [0, 0.1) is 5.92 Å². The zero-order valence-corrected chi connectivity index (χ0v) is 12.0. The van der Waals surface area contributed by atoms with Gasteiger partial charge < -0.3 is 14.8 Å². The summed E-state index contributed by atoms with van der Waals surface area (Å²) in [5.74, 6) is -0.332. The molecule has 4 nitrogen and oxygen atoms in total. The quantitative estimate of drug-likeness (QED) is 0.639. The van der Waals surface area contributed by atoms with E-state index in [2.05, 4.69) is 12.2 Å². The fourth-order valence-electron chi connectivity index (χ4n) is 3.45. The number of esters is 1. The van der Waals surface area contributed by atoms with Gasteiger partial charge in [-0.15, -0.1) is 0 Å². The number of nitrogens with one attached hydrogen (secondary N) is 1. The van der Waals surface area contributed by atoms with Crippen LogP contribution < -0.4 is 5.32 Å². The fourth-order valence-corrected chi connectivity index (χ4v) is 3.45. The zero-order valence-electron chi connectivity index (χ0n) is 12.0. The molecular weight excluding hydrogens is 253 g/mol. The highest BCUT2D eigenvalue weighted by Gasteiger charge is 2.60. The highest BCUT2D eigenvalue weighted by Crippen LogP contribution is 2.43. The first-order chi connectivity index (χ1) is 9.66. The minimum absolute atomic E-state index is 0.0676. The predicted molar refractivity (Wildman–Crippen MR) is 78.0 cm³/mol. The van der Waals surface area contributed by atoms with Crippen molar-refractivity contribution in [2.24, 2.45) is 5.92 Å². The van der Waals surface area contributed by atoms with E-state index in [4.69, 9.17) is 9.47 Å². The molecule has 2 bridgehead atoms. The number of benzene rings is 1. The van der Waals surface area contributed by atoms with E-state index in [9.17, 15) is 4.79 Å². The summed E-state index contributed by atoms with van der Waals surface area (Å²) in [5, 5.41) is 3.40. The molecule has 5 heteroatoms. The summed E-state index contributed by atoms with van der Waals surface area (Å²) in [4.78, 5) is 12.4. The monoisotopic (exact) mass is 273 g/mol. The van der Waals surface area contributed by atoms with Crippen LogP contribution in [0.2, 0.25) is 0 Å². The summed E-state index contributed by atoms with van der Waals surface area (Å²) in [7, 11) is 2.02. The molecule has 0 saturated carbocycles. The third-order valence-electron chi connectivity index (χ3n) is 4.57. The molecule has 2 aliphatic heterocycles. The molecule has 0 spiro atoms. The Kier molecular flexibility index (Phi) is 3.56. The van der Waals surface area contributed by atoms with Crippen LogP contribution in [0.4, 0.5) is 0 Å². The Hall–Kier alpha value is -1.33. The molecule has 0 aliphatic carbocycles. The first-order valence-electron chi connectivity index (χ1n) is 7.28. The van der Waals surface area contributed by atoms with Gasteiger partial charge in [0.1, 0.15) is 20.4 Å².